The van der Waals surface area contributed by atoms with Crippen LogP contribution in [-0.4, -0.2) is 37.0 Å². The van der Waals surface area contributed by atoms with Crippen LogP contribution in [0.1, 0.15) is 29.9 Å². The van der Waals surface area contributed by atoms with Gasteiger partial charge in [0.25, 0.3) is 5.91 Å². The molecular formula is C21H24N2O4S. The van der Waals surface area contributed by atoms with Gasteiger partial charge in [0.1, 0.15) is 6.04 Å². The van der Waals surface area contributed by atoms with E-state index in [0.717, 1.165) is 16.0 Å². The Balaban J connectivity index is 2.06. The molecule has 7 heteroatoms. The summed E-state index contributed by atoms with van der Waals surface area (Å²) in [6.45, 7) is 5.35. The summed E-state index contributed by atoms with van der Waals surface area (Å²) in [5.74, 6) is -1.42. The Hall–Kier alpha value is -2.93. The Kier molecular flexibility index (Phi) is 7.95. The van der Waals surface area contributed by atoms with Crippen molar-refractivity contribution in [1.29, 1.82) is 0 Å². The third-order valence-electron chi connectivity index (χ3n) is 3.82. The molecule has 148 valence electrons. The number of aryl methyl sites for hydroxylation is 1. The van der Waals surface area contributed by atoms with Crippen LogP contribution >= 0.6 is 11.3 Å². The highest BCUT2D eigenvalue weighted by Crippen LogP contribution is 2.24. The van der Waals surface area contributed by atoms with Crippen molar-refractivity contribution in [3.63, 3.8) is 0 Å². The lowest BCUT2D eigenvalue weighted by Crippen LogP contribution is -2.46. The summed E-state index contributed by atoms with van der Waals surface area (Å²) in [6, 6.07) is 10.7. The first-order valence-corrected chi connectivity index (χ1v) is 9.85. The number of ether oxygens (including phenoxy) is 1. The SMILES string of the molecule is CCNC(=O)[C@@H](C)NC(=O)COC(=O)/C(=C/c1cccc(C)c1)c1cccs1. The topological polar surface area (TPSA) is 84.5 Å². The van der Waals surface area contributed by atoms with E-state index in [0.29, 0.717) is 12.1 Å². The number of carbonyl (C=O) groups is 3. The quantitative estimate of drug-likeness (QED) is 0.527. The normalized spacial score (nSPS) is 12.2. The molecule has 2 aromatic rings. The molecule has 1 heterocycles. The fraction of sp³-hybridized carbons (Fsp3) is 0.286. The molecule has 0 saturated carbocycles. The lowest BCUT2D eigenvalue weighted by atomic mass is 10.1. The molecule has 1 aromatic heterocycles. The van der Waals surface area contributed by atoms with Crippen molar-refractivity contribution < 1.29 is 19.1 Å². The van der Waals surface area contributed by atoms with E-state index in [2.05, 4.69) is 10.6 Å². The molecule has 0 unspecified atom stereocenters. The Morgan fingerprint density at radius 2 is 2.00 bits per heavy atom. The van der Waals surface area contributed by atoms with E-state index in [1.165, 1.54) is 11.3 Å². The summed E-state index contributed by atoms with van der Waals surface area (Å²) in [6.07, 6.45) is 1.75. The predicted molar refractivity (Wildman–Crippen MR) is 111 cm³/mol. The molecule has 2 N–H and O–H groups in total. The highest BCUT2D eigenvalue weighted by atomic mass is 32.1. The third kappa shape index (κ3) is 6.35. The van der Waals surface area contributed by atoms with Crippen LogP contribution in [0.4, 0.5) is 0 Å². The van der Waals surface area contributed by atoms with Crippen LogP contribution in [0.2, 0.25) is 0 Å². The monoisotopic (exact) mass is 400 g/mol. The molecular weight excluding hydrogens is 376 g/mol. The van der Waals surface area contributed by atoms with Gasteiger partial charge in [-0.05, 0) is 43.9 Å². The molecule has 0 radical (unpaired) electrons. The molecule has 0 spiro atoms. The number of rotatable bonds is 8. The highest BCUT2D eigenvalue weighted by molar-refractivity contribution is 7.11. The number of amides is 2. The number of thiophene rings is 1. The second kappa shape index (κ2) is 10.4. The van der Waals surface area contributed by atoms with Gasteiger partial charge in [-0.25, -0.2) is 4.79 Å². The second-order valence-electron chi connectivity index (χ2n) is 6.21. The maximum atomic E-state index is 12.6. The van der Waals surface area contributed by atoms with Gasteiger partial charge in [0.15, 0.2) is 6.61 Å². The molecule has 0 aliphatic carbocycles. The van der Waals surface area contributed by atoms with Crippen molar-refractivity contribution in [2.75, 3.05) is 13.2 Å². The average molecular weight is 401 g/mol. The summed E-state index contributed by atoms with van der Waals surface area (Å²) in [5, 5.41) is 6.99. The summed E-state index contributed by atoms with van der Waals surface area (Å²) in [4.78, 5) is 37.0. The summed E-state index contributed by atoms with van der Waals surface area (Å²) in [7, 11) is 0. The Morgan fingerprint density at radius 3 is 2.64 bits per heavy atom. The van der Waals surface area contributed by atoms with Gasteiger partial charge < -0.3 is 15.4 Å². The molecule has 2 amide bonds. The first-order chi connectivity index (χ1) is 13.4. The van der Waals surface area contributed by atoms with E-state index in [1.54, 1.807) is 19.9 Å². The third-order valence-corrected chi connectivity index (χ3v) is 4.72. The van der Waals surface area contributed by atoms with Crippen molar-refractivity contribution in [1.82, 2.24) is 10.6 Å². The van der Waals surface area contributed by atoms with E-state index in [9.17, 15) is 14.4 Å². The first kappa shape index (κ1) is 21.4. The fourth-order valence-electron chi connectivity index (χ4n) is 2.47. The number of hydrogen-bond acceptors (Lipinski definition) is 5. The standard InChI is InChI=1S/C21H24N2O4S/c1-4-22-20(25)15(3)23-19(24)13-27-21(26)17(18-9-6-10-28-18)12-16-8-5-7-14(2)11-16/h5-12,15H,4,13H2,1-3H3,(H,22,25)(H,23,24)/b17-12+/t15-/m1/s1. The molecule has 1 atom stereocenters. The Bertz CT molecular complexity index is 859. The first-order valence-electron chi connectivity index (χ1n) is 8.97. The van der Waals surface area contributed by atoms with Gasteiger partial charge in [-0.1, -0.05) is 35.9 Å². The minimum absolute atomic E-state index is 0.291. The fourth-order valence-corrected chi connectivity index (χ4v) is 3.20. The second-order valence-corrected chi connectivity index (χ2v) is 7.16. The van der Waals surface area contributed by atoms with Crippen LogP contribution < -0.4 is 10.6 Å². The molecule has 0 fully saturated rings. The maximum Gasteiger partial charge on any atom is 0.340 e. The number of hydrogen-bond donors (Lipinski definition) is 2. The molecule has 6 nitrogen and oxygen atoms in total. The van der Waals surface area contributed by atoms with Gasteiger partial charge >= 0.3 is 5.97 Å². The van der Waals surface area contributed by atoms with Gasteiger partial charge in [0.2, 0.25) is 5.91 Å². The maximum absolute atomic E-state index is 12.6. The van der Waals surface area contributed by atoms with Crippen molar-refractivity contribution in [2.45, 2.75) is 26.8 Å². The van der Waals surface area contributed by atoms with Crippen LogP contribution in [0.15, 0.2) is 41.8 Å². The summed E-state index contributed by atoms with van der Waals surface area (Å²) >= 11 is 1.41. The lowest BCUT2D eigenvalue weighted by Gasteiger charge is -2.13. The zero-order valence-electron chi connectivity index (χ0n) is 16.2. The largest absolute Gasteiger partial charge is 0.452 e. The molecule has 2 rings (SSSR count). The number of nitrogens with one attached hydrogen (secondary N) is 2. The van der Waals surface area contributed by atoms with Gasteiger partial charge in [-0.3, -0.25) is 9.59 Å². The molecule has 0 aliphatic rings. The molecule has 1 aromatic carbocycles. The van der Waals surface area contributed by atoms with Crippen LogP contribution in [0.5, 0.6) is 0 Å². The van der Waals surface area contributed by atoms with E-state index < -0.39 is 24.5 Å². The van der Waals surface area contributed by atoms with Crippen LogP contribution in [0.3, 0.4) is 0 Å². The molecule has 0 saturated heterocycles. The van der Waals surface area contributed by atoms with E-state index in [4.69, 9.17) is 4.74 Å². The van der Waals surface area contributed by atoms with Gasteiger partial charge in [-0.15, -0.1) is 11.3 Å². The minimum atomic E-state index is -0.703. The zero-order valence-corrected chi connectivity index (χ0v) is 17.0. The van der Waals surface area contributed by atoms with E-state index in [-0.39, 0.29) is 5.91 Å². The van der Waals surface area contributed by atoms with E-state index in [1.807, 2.05) is 48.7 Å². The van der Waals surface area contributed by atoms with Gasteiger partial charge in [0, 0.05) is 11.4 Å². The van der Waals surface area contributed by atoms with Gasteiger partial charge in [0.05, 0.1) is 5.57 Å². The number of carbonyl (C=O) groups excluding carboxylic acids is 3. The summed E-state index contributed by atoms with van der Waals surface area (Å²) in [5.41, 5.74) is 2.33. The van der Waals surface area contributed by atoms with E-state index >= 15 is 0 Å². The van der Waals surface area contributed by atoms with Crippen molar-refractivity contribution in [3.8, 4) is 0 Å². The van der Waals surface area contributed by atoms with Crippen molar-refractivity contribution in [3.05, 3.63) is 57.8 Å². The number of likely N-dealkylation sites (N-methyl/N-ethyl adjacent to an activating group) is 1. The molecule has 28 heavy (non-hydrogen) atoms. The zero-order chi connectivity index (χ0) is 20.5. The minimum Gasteiger partial charge on any atom is -0.452 e. The Morgan fingerprint density at radius 1 is 1.21 bits per heavy atom. The smallest absolute Gasteiger partial charge is 0.340 e. The highest BCUT2D eigenvalue weighted by Gasteiger charge is 2.19. The van der Waals surface area contributed by atoms with Crippen LogP contribution in [-0.2, 0) is 19.1 Å². The van der Waals surface area contributed by atoms with Crippen molar-refractivity contribution in [2.24, 2.45) is 0 Å². The van der Waals surface area contributed by atoms with Crippen molar-refractivity contribution >= 4 is 40.8 Å². The molecule has 0 aliphatic heterocycles. The Labute approximate surface area is 168 Å². The number of esters is 1. The predicted octanol–water partition coefficient (Wildman–Crippen LogP) is 2.78. The van der Waals surface area contributed by atoms with Crippen LogP contribution in [0.25, 0.3) is 11.6 Å². The average Bonchev–Trinajstić information content (AvgIpc) is 3.18. The van der Waals surface area contributed by atoms with Crippen LogP contribution in [0, 0.1) is 6.92 Å². The summed E-state index contributed by atoms with van der Waals surface area (Å²) < 4.78 is 5.19. The molecule has 0 bridgehead atoms. The number of benzene rings is 1. The van der Waals surface area contributed by atoms with Gasteiger partial charge in [-0.2, -0.15) is 0 Å². The lowest BCUT2D eigenvalue weighted by molar-refractivity contribution is -0.143.